The minimum atomic E-state index is -0.481. The highest BCUT2D eigenvalue weighted by atomic mass is 16.5. The first-order valence-corrected chi connectivity index (χ1v) is 9.55. The molecule has 1 aromatic rings. The lowest BCUT2D eigenvalue weighted by molar-refractivity contribution is -0.0901. The van der Waals surface area contributed by atoms with Gasteiger partial charge in [0.25, 0.3) is 0 Å². The summed E-state index contributed by atoms with van der Waals surface area (Å²) < 4.78 is 5.72. The molecule has 0 radical (unpaired) electrons. The molecule has 24 heavy (non-hydrogen) atoms. The Labute approximate surface area is 145 Å². The minimum Gasteiger partial charge on any atom is -0.490 e. The summed E-state index contributed by atoms with van der Waals surface area (Å²) in [7, 11) is 0. The molecule has 0 aromatic heterocycles. The van der Waals surface area contributed by atoms with Crippen molar-refractivity contribution >= 4 is 0 Å². The van der Waals surface area contributed by atoms with Crippen molar-refractivity contribution in [3.63, 3.8) is 0 Å². The fourth-order valence-electron chi connectivity index (χ4n) is 6.05. The maximum absolute atomic E-state index is 10.9. The van der Waals surface area contributed by atoms with Crippen LogP contribution < -0.4 is 4.74 Å². The van der Waals surface area contributed by atoms with E-state index in [4.69, 9.17) is 4.74 Å². The van der Waals surface area contributed by atoms with Crippen LogP contribution in [-0.4, -0.2) is 17.3 Å². The first-order valence-electron chi connectivity index (χ1n) is 9.55. The molecule has 2 heteroatoms. The van der Waals surface area contributed by atoms with Gasteiger partial charge in [0, 0.05) is 0 Å². The standard InChI is InChI=1S/C22H30O2/c1-4-13-24-16-6-8-17-15(14-16)5-7-19-18(17)9-11-21(2)20(19)10-12-22(21,3)23/h4,6,8,14,18-20,23H,1,5,7,9-13H2,2-3H3/t18-,19-,20-,21-,22+/m0/s1. The molecule has 4 rings (SSSR count). The molecule has 1 N–H and O–H groups in total. The molecule has 0 saturated heterocycles. The monoisotopic (exact) mass is 326 g/mol. The third-order valence-electron chi connectivity index (χ3n) is 7.63. The Morgan fingerprint density at radius 2 is 2.08 bits per heavy atom. The minimum absolute atomic E-state index is 0.110. The van der Waals surface area contributed by atoms with Gasteiger partial charge in [0.1, 0.15) is 12.4 Å². The topological polar surface area (TPSA) is 29.5 Å². The number of fused-ring (bicyclic) bond motifs is 5. The summed E-state index contributed by atoms with van der Waals surface area (Å²) in [6, 6.07) is 6.68. The fraction of sp³-hybridized carbons (Fsp3) is 0.636. The van der Waals surface area contributed by atoms with Gasteiger partial charge < -0.3 is 9.84 Å². The van der Waals surface area contributed by atoms with Crippen LogP contribution in [0, 0.1) is 17.3 Å². The lowest BCUT2D eigenvalue weighted by Crippen LogP contribution is -2.49. The summed E-state index contributed by atoms with van der Waals surface area (Å²) in [5.74, 6) is 3.06. The highest BCUT2D eigenvalue weighted by Gasteiger charge is 2.59. The van der Waals surface area contributed by atoms with Gasteiger partial charge in [0.05, 0.1) is 5.60 Å². The molecular weight excluding hydrogens is 296 g/mol. The predicted octanol–water partition coefficient (Wildman–Crippen LogP) is 4.86. The van der Waals surface area contributed by atoms with E-state index in [0.29, 0.717) is 18.4 Å². The number of hydrogen-bond acceptors (Lipinski definition) is 2. The SMILES string of the molecule is C=CCOc1ccc2c(c1)CC[C@H]1[C@H]2CC[C@@]2(C)[C@H]1CC[C@@]2(C)O. The number of benzene rings is 1. The lowest BCUT2D eigenvalue weighted by atomic mass is 9.53. The third-order valence-corrected chi connectivity index (χ3v) is 7.63. The molecule has 1 aromatic carbocycles. The van der Waals surface area contributed by atoms with Gasteiger partial charge in [-0.25, -0.2) is 0 Å². The van der Waals surface area contributed by atoms with Crippen LogP contribution in [0.15, 0.2) is 30.9 Å². The van der Waals surface area contributed by atoms with Gasteiger partial charge in [0.2, 0.25) is 0 Å². The third kappa shape index (κ3) is 2.26. The molecule has 0 amide bonds. The maximum Gasteiger partial charge on any atom is 0.120 e. The quantitative estimate of drug-likeness (QED) is 0.804. The van der Waals surface area contributed by atoms with Crippen molar-refractivity contribution in [1.82, 2.24) is 0 Å². The van der Waals surface area contributed by atoms with Crippen molar-refractivity contribution in [2.24, 2.45) is 17.3 Å². The Bertz CT molecular complexity index is 647. The second-order valence-corrected chi connectivity index (χ2v) is 8.64. The molecule has 5 atom stereocenters. The normalized spacial score (nSPS) is 40.4. The van der Waals surface area contributed by atoms with E-state index in [2.05, 4.69) is 38.6 Å². The van der Waals surface area contributed by atoms with Crippen LogP contribution >= 0.6 is 0 Å². The number of ether oxygens (including phenoxy) is 1. The maximum atomic E-state index is 10.9. The van der Waals surface area contributed by atoms with Crippen molar-refractivity contribution in [2.45, 2.75) is 63.9 Å². The summed E-state index contributed by atoms with van der Waals surface area (Å²) in [5.41, 5.74) is 2.65. The second kappa shape index (κ2) is 5.62. The Hall–Kier alpha value is -1.28. The highest BCUT2D eigenvalue weighted by Crippen LogP contribution is 2.64. The van der Waals surface area contributed by atoms with Gasteiger partial charge >= 0.3 is 0 Å². The van der Waals surface area contributed by atoms with Crippen molar-refractivity contribution in [3.05, 3.63) is 42.0 Å². The van der Waals surface area contributed by atoms with Crippen molar-refractivity contribution < 1.29 is 9.84 Å². The summed E-state index contributed by atoms with van der Waals surface area (Å²) in [4.78, 5) is 0. The van der Waals surface area contributed by atoms with Gasteiger partial charge in [0.15, 0.2) is 0 Å². The van der Waals surface area contributed by atoms with Crippen LogP contribution in [0.4, 0.5) is 0 Å². The Morgan fingerprint density at radius 1 is 1.25 bits per heavy atom. The van der Waals surface area contributed by atoms with Crippen LogP contribution in [0.25, 0.3) is 0 Å². The summed E-state index contributed by atoms with van der Waals surface area (Å²) >= 11 is 0. The van der Waals surface area contributed by atoms with Gasteiger partial charge in [-0.1, -0.05) is 25.6 Å². The molecule has 0 spiro atoms. The molecule has 0 unspecified atom stereocenters. The van der Waals surface area contributed by atoms with Crippen LogP contribution in [0.1, 0.15) is 63.0 Å². The van der Waals surface area contributed by atoms with E-state index in [1.807, 2.05) is 0 Å². The smallest absolute Gasteiger partial charge is 0.120 e. The van der Waals surface area contributed by atoms with Gasteiger partial charge in [-0.3, -0.25) is 0 Å². The largest absolute Gasteiger partial charge is 0.490 e. The molecular formula is C22H30O2. The van der Waals surface area contributed by atoms with E-state index in [0.717, 1.165) is 30.9 Å². The van der Waals surface area contributed by atoms with E-state index in [1.54, 1.807) is 11.6 Å². The Balaban J connectivity index is 1.62. The molecule has 0 heterocycles. The molecule has 0 bridgehead atoms. The zero-order chi connectivity index (χ0) is 16.9. The summed E-state index contributed by atoms with van der Waals surface area (Å²) in [6.45, 7) is 8.72. The Morgan fingerprint density at radius 3 is 2.88 bits per heavy atom. The van der Waals surface area contributed by atoms with Crippen LogP contribution in [0.2, 0.25) is 0 Å². The zero-order valence-corrected chi connectivity index (χ0v) is 15.1. The van der Waals surface area contributed by atoms with E-state index in [9.17, 15) is 5.11 Å². The van der Waals surface area contributed by atoms with Crippen LogP contribution in [0.5, 0.6) is 5.75 Å². The van der Waals surface area contributed by atoms with E-state index >= 15 is 0 Å². The van der Waals surface area contributed by atoms with E-state index in [-0.39, 0.29) is 5.41 Å². The molecule has 3 aliphatic rings. The number of hydrogen-bond donors (Lipinski definition) is 1. The van der Waals surface area contributed by atoms with Crippen LogP contribution in [0.3, 0.4) is 0 Å². The summed E-state index contributed by atoms with van der Waals surface area (Å²) in [6.07, 6.45) is 8.74. The van der Waals surface area contributed by atoms with E-state index in [1.165, 1.54) is 24.8 Å². The number of aliphatic hydroxyl groups is 1. The fourth-order valence-corrected chi connectivity index (χ4v) is 6.05. The van der Waals surface area contributed by atoms with Crippen molar-refractivity contribution in [2.75, 3.05) is 6.61 Å². The molecule has 2 saturated carbocycles. The average Bonchev–Trinajstić information content (AvgIpc) is 2.82. The molecule has 2 fully saturated rings. The second-order valence-electron chi connectivity index (χ2n) is 8.64. The van der Waals surface area contributed by atoms with Crippen molar-refractivity contribution in [3.8, 4) is 5.75 Å². The molecule has 0 aliphatic heterocycles. The van der Waals surface area contributed by atoms with E-state index < -0.39 is 5.60 Å². The summed E-state index contributed by atoms with van der Waals surface area (Å²) in [5, 5.41) is 10.9. The van der Waals surface area contributed by atoms with Crippen molar-refractivity contribution in [1.29, 1.82) is 0 Å². The van der Waals surface area contributed by atoms with Gasteiger partial charge in [-0.05, 0) is 91.9 Å². The molecule has 2 nitrogen and oxygen atoms in total. The molecule has 130 valence electrons. The zero-order valence-electron chi connectivity index (χ0n) is 15.1. The number of aryl methyl sites for hydroxylation is 1. The van der Waals surface area contributed by atoms with Gasteiger partial charge in [-0.2, -0.15) is 0 Å². The van der Waals surface area contributed by atoms with Gasteiger partial charge in [-0.15, -0.1) is 0 Å². The first-order chi connectivity index (χ1) is 11.5. The Kier molecular flexibility index (Phi) is 3.80. The first kappa shape index (κ1) is 16.2. The predicted molar refractivity (Wildman–Crippen MR) is 97.4 cm³/mol. The van der Waals surface area contributed by atoms with Crippen LogP contribution in [-0.2, 0) is 6.42 Å². The number of rotatable bonds is 3. The highest BCUT2D eigenvalue weighted by molar-refractivity contribution is 5.41. The average molecular weight is 326 g/mol. The lowest BCUT2D eigenvalue weighted by Gasteiger charge is -2.52. The molecule has 3 aliphatic carbocycles.